The Labute approximate surface area is 385 Å². The van der Waals surface area contributed by atoms with Crippen molar-refractivity contribution in [3.05, 3.63) is 59.7 Å². The van der Waals surface area contributed by atoms with Gasteiger partial charge in [-0.05, 0) is 63.8 Å². The summed E-state index contributed by atoms with van der Waals surface area (Å²) in [4.78, 5) is -0.355. The van der Waals surface area contributed by atoms with Gasteiger partial charge in [0.25, 0.3) is 0 Å². The van der Waals surface area contributed by atoms with E-state index in [-0.39, 0.29) is 9.79 Å². The molecule has 0 heterocycles. The quantitative estimate of drug-likeness (QED) is 0.0410. The largest absolute Gasteiger partial charge is 0.744 e. The minimum Gasteiger partial charge on any atom is -0.744 e. The van der Waals surface area contributed by atoms with E-state index in [0.717, 1.165) is 20.1 Å². The fourth-order valence-electron chi connectivity index (χ4n) is 6.97. The minimum atomic E-state index is -4.27. The Morgan fingerprint density at radius 3 is 0.677 bits per heavy atom. The lowest BCUT2D eigenvalue weighted by Gasteiger charge is -2.23. The van der Waals surface area contributed by atoms with Crippen LogP contribution in [0.5, 0.6) is 0 Å². The number of benzene rings is 2. The van der Waals surface area contributed by atoms with Crippen LogP contribution >= 0.6 is 0 Å². The number of unbranched alkanes of at least 4 members (excludes halogenated alkanes) is 26. The van der Waals surface area contributed by atoms with Gasteiger partial charge < -0.3 is 18.1 Å². The van der Waals surface area contributed by atoms with E-state index in [1.165, 1.54) is 217 Å². The molecule has 0 aliphatic carbocycles. The highest BCUT2D eigenvalue weighted by Gasteiger charge is 2.06. The van der Waals surface area contributed by atoms with Crippen LogP contribution in [-0.2, 0) is 20.2 Å². The third kappa shape index (κ3) is 46.2. The van der Waals surface area contributed by atoms with Crippen LogP contribution < -0.4 is 0 Å². The lowest BCUT2D eigenvalue weighted by Crippen LogP contribution is -2.35. The molecule has 364 valence electrons. The zero-order valence-corrected chi connectivity index (χ0v) is 43.6. The first-order chi connectivity index (χ1) is 29.1. The highest BCUT2D eigenvalue weighted by Crippen LogP contribution is 2.15. The number of quaternary nitrogens is 2. The molecule has 0 amide bonds. The van der Waals surface area contributed by atoms with Crippen LogP contribution in [0.4, 0.5) is 0 Å². The molecule has 2 rings (SSSR count). The van der Waals surface area contributed by atoms with Crippen LogP contribution in [0.3, 0.4) is 0 Å². The van der Waals surface area contributed by atoms with Crippen LogP contribution in [0.25, 0.3) is 0 Å². The lowest BCUT2D eigenvalue weighted by atomic mass is 10.0. The van der Waals surface area contributed by atoms with Crippen molar-refractivity contribution in [3.8, 4) is 0 Å². The summed E-state index contributed by atoms with van der Waals surface area (Å²) in [6.45, 7) is 10.9. The average Bonchev–Trinajstić information content (AvgIpc) is 3.18. The Hall–Kier alpha value is -1.82. The van der Waals surface area contributed by atoms with E-state index in [0.29, 0.717) is 0 Å². The smallest absolute Gasteiger partial charge is 0.124 e. The average molecular weight is 911 g/mol. The third-order valence-electron chi connectivity index (χ3n) is 11.0. The Bertz CT molecular complexity index is 1380. The first-order valence-electron chi connectivity index (χ1n) is 24.8. The summed E-state index contributed by atoms with van der Waals surface area (Å²) in [5.74, 6) is 0. The molecule has 2 aromatic carbocycles. The molecule has 0 aliphatic rings. The summed E-state index contributed by atoms with van der Waals surface area (Å²) in [6, 6.07) is 11.6. The maximum atomic E-state index is 10.4. The summed E-state index contributed by atoms with van der Waals surface area (Å²) in [6.07, 6.45) is 40.7. The fraction of sp³-hybridized carbons (Fsp3) is 0.769. The molecule has 0 spiro atoms. The van der Waals surface area contributed by atoms with E-state index in [2.05, 4.69) is 56.1 Å². The van der Waals surface area contributed by atoms with Gasteiger partial charge in [-0.1, -0.05) is 203 Å². The van der Waals surface area contributed by atoms with Crippen molar-refractivity contribution < 1.29 is 34.9 Å². The first kappa shape index (κ1) is 62.3. The number of hydrogen-bond donors (Lipinski definition) is 0. The number of aryl methyl sites for hydroxylation is 2. The molecule has 0 N–H and O–H groups in total. The predicted molar refractivity (Wildman–Crippen MR) is 265 cm³/mol. The molecule has 0 fully saturated rings. The summed E-state index contributed by atoms with van der Waals surface area (Å²) in [5.41, 5.74) is 1.86. The minimum absolute atomic E-state index is 0.178. The molecule has 10 heteroatoms. The summed E-state index contributed by atoms with van der Waals surface area (Å²) >= 11 is 0. The molecule has 0 saturated heterocycles. The van der Waals surface area contributed by atoms with Gasteiger partial charge >= 0.3 is 0 Å². The van der Waals surface area contributed by atoms with E-state index in [1.54, 1.807) is 24.3 Å². The van der Waals surface area contributed by atoms with Crippen LogP contribution in [0.15, 0.2) is 58.3 Å². The maximum absolute atomic E-state index is 10.4. The van der Waals surface area contributed by atoms with Crippen molar-refractivity contribution in [1.82, 2.24) is 0 Å². The van der Waals surface area contributed by atoms with Crippen LogP contribution in [-0.4, -0.2) is 90.3 Å². The molecule has 0 saturated carbocycles. The second-order valence-corrected chi connectivity index (χ2v) is 22.5. The standard InChI is InChI=1S/2C19H42N.2C7H8O3S/c2*1-5-6-7-8-9-10-11-12-13-14-15-16-17-18-19-20(2,3)4;2*1-6-2-4-7(5-3-6)11(8,9)10/h2*5-19H2,1-4H3;2*2-5H,1H3,(H,8,9,10)/q2*+1;;/p-2. The molecular weight excluding hydrogens is 813 g/mol. The summed E-state index contributed by atoms with van der Waals surface area (Å²) < 4.78 is 64.6. The van der Waals surface area contributed by atoms with E-state index in [1.807, 2.05) is 13.8 Å². The first-order valence-corrected chi connectivity index (χ1v) is 27.6. The van der Waals surface area contributed by atoms with Crippen molar-refractivity contribution in [2.24, 2.45) is 0 Å². The maximum Gasteiger partial charge on any atom is 0.124 e. The third-order valence-corrected chi connectivity index (χ3v) is 12.7. The highest BCUT2D eigenvalue weighted by molar-refractivity contribution is 7.86. The van der Waals surface area contributed by atoms with Crippen molar-refractivity contribution in [1.29, 1.82) is 0 Å². The molecule has 0 radical (unpaired) electrons. The number of hydrogen-bond acceptors (Lipinski definition) is 6. The highest BCUT2D eigenvalue weighted by atomic mass is 32.2. The van der Waals surface area contributed by atoms with Crippen LogP contribution in [0.2, 0.25) is 0 Å². The Balaban J connectivity index is 0. The Kier molecular flexibility index (Phi) is 38.6. The van der Waals surface area contributed by atoms with E-state index < -0.39 is 20.2 Å². The zero-order valence-electron chi connectivity index (χ0n) is 42.0. The van der Waals surface area contributed by atoms with E-state index in [4.69, 9.17) is 0 Å². The zero-order chi connectivity index (χ0) is 47.2. The number of rotatable bonds is 32. The van der Waals surface area contributed by atoms with Crippen molar-refractivity contribution in [2.75, 3.05) is 55.4 Å². The monoisotopic (exact) mass is 911 g/mol. The molecular formula is C52H98N2O6S2. The van der Waals surface area contributed by atoms with E-state index in [9.17, 15) is 25.9 Å². The molecule has 0 aliphatic heterocycles. The van der Waals surface area contributed by atoms with Crippen molar-refractivity contribution in [3.63, 3.8) is 0 Å². The lowest BCUT2D eigenvalue weighted by molar-refractivity contribution is -0.870. The van der Waals surface area contributed by atoms with Gasteiger partial charge in [0.2, 0.25) is 0 Å². The molecule has 0 unspecified atom stereocenters. The van der Waals surface area contributed by atoms with Gasteiger partial charge in [-0.3, -0.25) is 0 Å². The predicted octanol–water partition coefficient (Wildman–Crippen LogP) is 14.1. The van der Waals surface area contributed by atoms with Crippen LogP contribution in [0.1, 0.15) is 205 Å². The molecule has 2 aromatic rings. The van der Waals surface area contributed by atoms with Crippen molar-refractivity contribution >= 4 is 20.2 Å². The van der Waals surface area contributed by atoms with Gasteiger partial charge in [-0.25, -0.2) is 16.8 Å². The van der Waals surface area contributed by atoms with Gasteiger partial charge in [0, 0.05) is 0 Å². The second-order valence-electron chi connectivity index (χ2n) is 19.8. The van der Waals surface area contributed by atoms with Gasteiger partial charge in [0.1, 0.15) is 20.2 Å². The fourth-order valence-corrected chi connectivity index (χ4v) is 7.91. The van der Waals surface area contributed by atoms with Gasteiger partial charge in [-0.15, -0.1) is 0 Å². The second kappa shape index (κ2) is 38.4. The normalized spacial score (nSPS) is 11.8. The van der Waals surface area contributed by atoms with Crippen LogP contribution in [0, 0.1) is 13.8 Å². The molecule has 62 heavy (non-hydrogen) atoms. The Morgan fingerprint density at radius 1 is 0.339 bits per heavy atom. The van der Waals surface area contributed by atoms with E-state index >= 15 is 0 Å². The SMILES string of the molecule is CCCCCCCCCCCCCCCC[N+](C)(C)C.CCCCCCCCCCCCCCCC[N+](C)(C)C.Cc1ccc(S(=O)(=O)[O-])cc1.Cc1ccc(S(=O)(=O)[O-])cc1. The number of nitrogens with zero attached hydrogens (tertiary/aromatic N) is 2. The Morgan fingerprint density at radius 2 is 0.516 bits per heavy atom. The summed E-state index contributed by atoms with van der Waals surface area (Å²) in [5, 5.41) is 0. The molecule has 0 bridgehead atoms. The van der Waals surface area contributed by atoms with Crippen molar-refractivity contribution in [2.45, 2.75) is 217 Å². The van der Waals surface area contributed by atoms with Gasteiger partial charge in [0.15, 0.2) is 0 Å². The molecule has 0 aromatic heterocycles. The van der Waals surface area contributed by atoms with Gasteiger partial charge in [0.05, 0.1) is 65.2 Å². The topological polar surface area (TPSA) is 114 Å². The summed E-state index contributed by atoms with van der Waals surface area (Å²) in [7, 11) is 5.22. The molecule has 8 nitrogen and oxygen atoms in total. The van der Waals surface area contributed by atoms with Gasteiger partial charge in [-0.2, -0.15) is 0 Å². The molecule has 0 atom stereocenters.